The van der Waals surface area contributed by atoms with Gasteiger partial charge in [-0.25, -0.2) is 0 Å². The standard InChI is InChI=1S/C18H21N/c1-13(19)15-11-12-16(14-7-3-2-4-8-14)18-10-6-5-9-17(15)18/h2-10,13,15-16H,11-12,19H2,1H3/t13?,15-,16?/m1/s1. The molecular weight excluding hydrogens is 230 g/mol. The van der Waals surface area contributed by atoms with E-state index in [0.29, 0.717) is 11.8 Å². The molecule has 0 aliphatic heterocycles. The van der Waals surface area contributed by atoms with Crippen LogP contribution >= 0.6 is 0 Å². The van der Waals surface area contributed by atoms with Crippen LogP contribution in [0.5, 0.6) is 0 Å². The van der Waals surface area contributed by atoms with Crippen molar-refractivity contribution in [1.82, 2.24) is 0 Å². The van der Waals surface area contributed by atoms with Crippen molar-refractivity contribution in [2.75, 3.05) is 0 Å². The highest BCUT2D eigenvalue weighted by Gasteiger charge is 2.29. The summed E-state index contributed by atoms with van der Waals surface area (Å²) < 4.78 is 0. The number of hydrogen-bond donors (Lipinski definition) is 1. The van der Waals surface area contributed by atoms with Gasteiger partial charge in [-0.1, -0.05) is 54.6 Å². The Balaban J connectivity index is 2.04. The van der Waals surface area contributed by atoms with Gasteiger partial charge >= 0.3 is 0 Å². The summed E-state index contributed by atoms with van der Waals surface area (Å²) in [5, 5.41) is 0. The van der Waals surface area contributed by atoms with Gasteiger partial charge in [0.25, 0.3) is 0 Å². The smallest absolute Gasteiger partial charge is 0.00924 e. The normalized spacial score (nSPS) is 23.7. The highest BCUT2D eigenvalue weighted by Crippen LogP contribution is 2.42. The second-order valence-electron chi connectivity index (χ2n) is 5.64. The Labute approximate surface area is 115 Å². The van der Waals surface area contributed by atoms with Crippen LogP contribution in [0.4, 0.5) is 0 Å². The topological polar surface area (TPSA) is 26.0 Å². The summed E-state index contributed by atoms with van der Waals surface area (Å²) in [5.74, 6) is 1.04. The Bertz CT molecular complexity index is 545. The van der Waals surface area contributed by atoms with Crippen molar-refractivity contribution in [3.8, 4) is 0 Å². The Kier molecular flexibility index (Phi) is 3.39. The van der Waals surface area contributed by atoms with Gasteiger partial charge in [-0.05, 0) is 42.4 Å². The molecule has 0 bridgehead atoms. The fraction of sp³-hybridized carbons (Fsp3) is 0.333. The summed E-state index contributed by atoms with van der Waals surface area (Å²) in [6, 6.07) is 19.9. The lowest BCUT2D eigenvalue weighted by Crippen LogP contribution is -2.29. The third-order valence-corrected chi connectivity index (χ3v) is 4.37. The maximum Gasteiger partial charge on any atom is 0.00924 e. The first-order chi connectivity index (χ1) is 9.27. The van der Waals surface area contributed by atoms with E-state index in [0.717, 1.165) is 0 Å². The fourth-order valence-electron chi connectivity index (χ4n) is 3.40. The van der Waals surface area contributed by atoms with E-state index in [9.17, 15) is 0 Å². The van der Waals surface area contributed by atoms with Gasteiger partial charge in [0.15, 0.2) is 0 Å². The molecule has 1 heteroatoms. The van der Waals surface area contributed by atoms with Crippen molar-refractivity contribution in [2.24, 2.45) is 5.73 Å². The van der Waals surface area contributed by atoms with Crippen LogP contribution in [0.2, 0.25) is 0 Å². The monoisotopic (exact) mass is 251 g/mol. The maximum atomic E-state index is 6.17. The third kappa shape index (κ3) is 2.31. The largest absolute Gasteiger partial charge is 0.327 e. The molecule has 0 amide bonds. The van der Waals surface area contributed by atoms with Crippen LogP contribution < -0.4 is 5.73 Å². The molecule has 2 unspecified atom stereocenters. The molecule has 0 saturated heterocycles. The quantitative estimate of drug-likeness (QED) is 0.856. The number of nitrogens with two attached hydrogens (primary N) is 1. The first-order valence-electron chi connectivity index (χ1n) is 7.16. The number of hydrogen-bond acceptors (Lipinski definition) is 1. The lowest BCUT2D eigenvalue weighted by atomic mass is 9.72. The summed E-state index contributed by atoms with van der Waals surface area (Å²) in [5.41, 5.74) is 10.5. The molecule has 1 aliphatic rings. The van der Waals surface area contributed by atoms with Crippen molar-refractivity contribution >= 4 is 0 Å². The second kappa shape index (κ2) is 5.18. The Hall–Kier alpha value is -1.60. The van der Waals surface area contributed by atoms with Crippen molar-refractivity contribution in [3.63, 3.8) is 0 Å². The summed E-state index contributed by atoms with van der Waals surface area (Å²) in [4.78, 5) is 0. The zero-order valence-electron chi connectivity index (χ0n) is 11.4. The van der Waals surface area contributed by atoms with Gasteiger partial charge in [0.05, 0.1) is 0 Å². The highest BCUT2D eigenvalue weighted by molar-refractivity contribution is 5.42. The zero-order chi connectivity index (χ0) is 13.2. The molecule has 2 aromatic rings. The van der Waals surface area contributed by atoms with Gasteiger partial charge in [-0.15, -0.1) is 0 Å². The fourth-order valence-corrected chi connectivity index (χ4v) is 3.40. The van der Waals surface area contributed by atoms with E-state index in [1.54, 1.807) is 0 Å². The van der Waals surface area contributed by atoms with Gasteiger partial charge in [0.2, 0.25) is 0 Å². The number of rotatable bonds is 2. The van der Waals surface area contributed by atoms with E-state index in [1.807, 2.05) is 0 Å². The third-order valence-electron chi connectivity index (χ3n) is 4.37. The van der Waals surface area contributed by atoms with Crippen LogP contribution in [-0.4, -0.2) is 6.04 Å². The molecule has 1 aliphatic carbocycles. The maximum absolute atomic E-state index is 6.17. The molecule has 3 atom stereocenters. The molecule has 0 aromatic heterocycles. The predicted octanol–water partition coefficient (Wildman–Crippen LogP) is 4.04. The molecule has 0 heterocycles. The lowest BCUT2D eigenvalue weighted by molar-refractivity contribution is 0.462. The van der Waals surface area contributed by atoms with E-state index in [-0.39, 0.29) is 6.04 Å². The van der Waals surface area contributed by atoms with Crippen LogP contribution in [0, 0.1) is 0 Å². The average Bonchev–Trinajstić information content (AvgIpc) is 2.47. The molecule has 2 aromatic carbocycles. The van der Waals surface area contributed by atoms with Crippen LogP contribution in [0.15, 0.2) is 54.6 Å². The molecule has 1 nitrogen and oxygen atoms in total. The molecule has 0 saturated carbocycles. The molecular formula is C18H21N. The summed E-state index contributed by atoms with van der Waals surface area (Å²) >= 11 is 0. The Morgan fingerprint density at radius 3 is 2.21 bits per heavy atom. The summed E-state index contributed by atoms with van der Waals surface area (Å²) in [6.07, 6.45) is 2.39. The van der Waals surface area contributed by atoms with Gasteiger partial charge < -0.3 is 5.73 Å². The summed E-state index contributed by atoms with van der Waals surface area (Å²) in [7, 11) is 0. The minimum absolute atomic E-state index is 0.234. The first kappa shape index (κ1) is 12.4. The molecule has 3 rings (SSSR count). The molecule has 19 heavy (non-hydrogen) atoms. The van der Waals surface area contributed by atoms with E-state index >= 15 is 0 Å². The van der Waals surface area contributed by atoms with Gasteiger partial charge in [-0.3, -0.25) is 0 Å². The number of fused-ring (bicyclic) bond motifs is 1. The van der Waals surface area contributed by atoms with Gasteiger partial charge in [-0.2, -0.15) is 0 Å². The Morgan fingerprint density at radius 2 is 1.53 bits per heavy atom. The van der Waals surface area contributed by atoms with Crippen LogP contribution in [-0.2, 0) is 0 Å². The van der Waals surface area contributed by atoms with Gasteiger partial charge in [0, 0.05) is 12.0 Å². The second-order valence-corrected chi connectivity index (χ2v) is 5.64. The SMILES string of the molecule is CC(N)[C@H]1CCC(c2ccccc2)c2ccccc21. The lowest BCUT2D eigenvalue weighted by Gasteiger charge is -2.34. The zero-order valence-corrected chi connectivity index (χ0v) is 11.4. The minimum Gasteiger partial charge on any atom is -0.327 e. The molecule has 0 fully saturated rings. The predicted molar refractivity (Wildman–Crippen MR) is 80.4 cm³/mol. The highest BCUT2D eigenvalue weighted by atomic mass is 14.6. The first-order valence-corrected chi connectivity index (χ1v) is 7.16. The molecule has 0 spiro atoms. The van der Waals surface area contributed by atoms with Crippen LogP contribution in [0.1, 0.15) is 48.3 Å². The van der Waals surface area contributed by atoms with Gasteiger partial charge in [0.1, 0.15) is 0 Å². The van der Waals surface area contributed by atoms with Crippen molar-refractivity contribution in [3.05, 3.63) is 71.3 Å². The molecule has 98 valence electrons. The van der Waals surface area contributed by atoms with E-state index in [4.69, 9.17) is 5.73 Å². The van der Waals surface area contributed by atoms with E-state index < -0.39 is 0 Å². The minimum atomic E-state index is 0.234. The van der Waals surface area contributed by atoms with Crippen molar-refractivity contribution < 1.29 is 0 Å². The van der Waals surface area contributed by atoms with E-state index in [1.165, 1.54) is 29.5 Å². The van der Waals surface area contributed by atoms with Crippen LogP contribution in [0.25, 0.3) is 0 Å². The van der Waals surface area contributed by atoms with E-state index in [2.05, 4.69) is 61.5 Å². The Morgan fingerprint density at radius 1 is 0.895 bits per heavy atom. The van der Waals surface area contributed by atoms with Crippen molar-refractivity contribution in [2.45, 2.75) is 37.6 Å². The van der Waals surface area contributed by atoms with Crippen LogP contribution in [0.3, 0.4) is 0 Å². The molecule has 2 N–H and O–H groups in total. The molecule has 0 radical (unpaired) electrons. The summed E-state index contributed by atoms with van der Waals surface area (Å²) in [6.45, 7) is 2.13. The number of benzene rings is 2. The average molecular weight is 251 g/mol. The van der Waals surface area contributed by atoms with Crippen molar-refractivity contribution in [1.29, 1.82) is 0 Å².